The maximum Gasteiger partial charge on any atom is 0.254 e. The normalized spacial score (nSPS) is 11.0. The second-order valence-electron chi connectivity index (χ2n) is 3.01. The Morgan fingerprint density at radius 1 is 1.58 bits per heavy atom. The standard InChI is InChI=1S/C7H13N3O2/c1-5(2)3-6-9-7(4-11-8)12-10-6/h5H,3-4,8H2,1-2H3. The lowest BCUT2D eigenvalue weighted by Crippen LogP contribution is -2.00. The zero-order valence-electron chi connectivity index (χ0n) is 7.28. The minimum atomic E-state index is 0.172. The molecule has 0 aliphatic heterocycles. The van der Waals surface area contributed by atoms with Gasteiger partial charge in [0.15, 0.2) is 5.82 Å². The van der Waals surface area contributed by atoms with Gasteiger partial charge in [-0.15, -0.1) is 0 Å². The van der Waals surface area contributed by atoms with E-state index in [0.29, 0.717) is 17.6 Å². The van der Waals surface area contributed by atoms with Gasteiger partial charge >= 0.3 is 0 Å². The molecule has 0 bridgehead atoms. The van der Waals surface area contributed by atoms with Gasteiger partial charge in [0.2, 0.25) is 0 Å². The lowest BCUT2D eigenvalue weighted by Gasteiger charge is -1.95. The molecule has 2 N–H and O–H groups in total. The van der Waals surface area contributed by atoms with E-state index in [9.17, 15) is 0 Å². The molecule has 68 valence electrons. The van der Waals surface area contributed by atoms with Crippen molar-refractivity contribution in [3.05, 3.63) is 11.7 Å². The Kier molecular flexibility index (Phi) is 3.19. The van der Waals surface area contributed by atoms with Crippen LogP contribution >= 0.6 is 0 Å². The maximum atomic E-state index is 4.84. The van der Waals surface area contributed by atoms with E-state index in [1.165, 1.54) is 0 Å². The molecule has 5 nitrogen and oxygen atoms in total. The Hall–Kier alpha value is -0.940. The van der Waals surface area contributed by atoms with E-state index in [-0.39, 0.29) is 6.61 Å². The largest absolute Gasteiger partial charge is 0.337 e. The SMILES string of the molecule is CC(C)Cc1noc(CON)n1. The molecule has 0 aromatic carbocycles. The van der Waals surface area contributed by atoms with Crippen LogP contribution in [0.3, 0.4) is 0 Å². The van der Waals surface area contributed by atoms with Crippen LogP contribution in [0.4, 0.5) is 0 Å². The van der Waals surface area contributed by atoms with E-state index in [2.05, 4.69) is 28.8 Å². The maximum absolute atomic E-state index is 4.84. The number of rotatable bonds is 4. The fraction of sp³-hybridized carbons (Fsp3) is 0.714. The van der Waals surface area contributed by atoms with Crippen molar-refractivity contribution in [1.82, 2.24) is 10.1 Å². The van der Waals surface area contributed by atoms with Gasteiger partial charge in [0.1, 0.15) is 6.61 Å². The van der Waals surface area contributed by atoms with E-state index < -0.39 is 0 Å². The van der Waals surface area contributed by atoms with Gasteiger partial charge in [-0.3, -0.25) is 4.84 Å². The van der Waals surface area contributed by atoms with Crippen molar-refractivity contribution in [3.8, 4) is 0 Å². The van der Waals surface area contributed by atoms with Gasteiger partial charge in [-0.25, -0.2) is 5.90 Å². The van der Waals surface area contributed by atoms with Crippen LogP contribution in [0.15, 0.2) is 4.52 Å². The lowest BCUT2D eigenvalue weighted by atomic mass is 10.1. The molecule has 5 heteroatoms. The highest BCUT2D eigenvalue weighted by Crippen LogP contribution is 2.04. The third kappa shape index (κ3) is 2.60. The molecule has 0 saturated carbocycles. The first kappa shape index (κ1) is 9.15. The minimum Gasteiger partial charge on any atom is -0.337 e. The van der Waals surface area contributed by atoms with Gasteiger partial charge in [-0.05, 0) is 5.92 Å². The molecule has 0 saturated heterocycles. The van der Waals surface area contributed by atoms with E-state index in [0.717, 1.165) is 6.42 Å². The molecule has 0 radical (unpaired) electrons. The molecule has 0 spiro atoms. The van der Waals surface area contributed by atoms with Gasteiger partial charge in [0.05, 0.1) is 0 Å². The van der Waals surface area contributed by atoms with Crippen LogP contribution in [0.1, 0.15) is 25.6 Å². The number of nitrogens with two attached hydrogens (primary N) is 1. The Bertz CT molecular complexity index is 234. The first-order chi connectivity index (χ1) is 5.72. The van der Waals surface area contributed by atoms with E-state index in [4.69, 9.17) is 10.4 Å². The Labute approximate surface area is 70.8 Å². The topological polar surface area (TPSA) is 74.2 Å². The number of hydrogen-bond acceptors (Lipinski definition) is 5. The zero-order valence-corrected chi connectivity index (χ0v) is 7.28. The lowest BCUT2D eigenvalue weighted by molar-refractivity contribution is 0.0995. The van der Waals surface area contributed by atoms with Crippen molar-refractivity contribution in [2.45, 2.75) is 26.9 Å². The van der Waals surface area contributed by atoms with Gasteiger partial charge in [-0.2, -0.15) is 4.98 Å². The third-order valence-corrected chi connectivity index (χ3v) is 1.31. The van der Waals surface area contributed by atoms with Gasteiger partial charge < -0.3 is 4.52 Å². The Morgan fingerprint density at radius 2 is 2.33 bits per heavy atom. The average molecular weight is 171 g/mol. The van der Waals surface area contributed by atoms with Crippen molar-refractivity contribution < 1.29 is 9.36 Å². The van der Waals surface area contributed by atoms with Crippen LogP contribution < -0.4 is 5.90 Å². The van der Waals surface area contributed by atoms with Crippen LogP contribution in [0.25, 0.3) is 0 Å². The summed E-state index contributed by atoms with van der Waals surface area (Å²) in [6.07, 6.45) is 0.814. The average Bonchev–Trinajstić information content (AvgIpc) is 2.36. The van der Waals surface area contributed by atoms with Crippen LogP contribution in [-0.2, 0) is 17.9 Å². The van der Waals surface area contributed by atoms with Crippen molar-refractivity contribution >= 4 is 0 Å². The fourth-order valence-electron chi connectivity index (χ4n) is 0.868. The summed E-state index contributed by atoms with van der Waals surface area (Å²) in [5.41, 5.74) is 0. The molecule has 0 aliphatic rings. The van der Waals surface area contributed by atoms with Crippen molar-refractivity contribution in [3.63, 3.8) is 0 Å². The molecule has 0 aliphatic carbocycles. The molecule has 12 heavy (non-hydrogen) atoms. The first-order valence-corrected chi connectivity index (χ1v) is 3.85. The summed E-state index contributed by atoms with van der Waals surface area (Å²) in [4.78, 5) is 8.41. The summed E-state index contributed by atoms with van der Waals surface area (Å²) >= 11 is 0. The third-order valence-electron chi connectivity index (χ3n) is 1.31. The van der Waals surface area contributed by atoms with Gasteiger partial charge in [0.25, 0.3) is 5.89 Å². The Balaban J connectivity index is 2.52. The molecule has 1 aromatic heterocycles. The van der Waals surface area contributed by atoms with E-state index in [1.807, 2.05) is 0 Å². The molecule has 0 atom stereocenters. The highest BCUT2D eigenvalue weighted by Gasteiger charge is 2.06. The summed E-state index contributed by atoms with van der Waals surface area (Å²) in [7, 11) is 0. The van der Waals surface area contributed by atoms with Gasteiger partial charge in [-0.1, -0.05) is 19.0 Å². The highest BCUT2D eigenvalue weighted by atomic mass is 16.6. The van der Waals surface area contributed by atoms with Crippen LogP contribution in [0.2, 0.25) is 0 Å². The summed E-state index contributed by atoms with van der Waals surface area (Å²) < 4.78 is 4.84. The second-order valence-corrected chi connectivity index (χ2v) is 3.01. The molecule has 0 fully saturated rings. The first-order valence-electron chi connectivity index (χ1n) is 3.85. The van der Waals surface area contributed by atoms with Gasteiger partial charge in [0, 0.05) is 6.42 Å². The smallest absolute Gasteiger partial charge is 0.254 e. The molecule has 0 amide bonds. The summed E-state index contributed by atoms with van der Waals surface area (Å²) in [6.45, 7) is 4.36. The quantitative estimate of drug-likeness (QED) is 0.673. The number of aromatic nitrogens is 2. The Morgan fingerprint density at radius 3 is 2.92 bits per heavy atom. The second kappa shape index (κ2) is 4.18. The molecule has 1 aromatic rings. The summed E-state index contributed by atoms with van der Waals surface area (Å²) in [5.74, 6) is 6.50. The summed E-state index contributed by atoms with van der Waals surface area (Å²) in [5, 5.41) is 3.75. The van der Waals surface area contributed by atoms with Crippen molar-refractivity contribution in [1.29, 1.82) is 0 Å². The minimum absolute atomic E-state index is 0.172. The highest BCUT2D eigenvalue weighted by molar-refractivity contribution is 4.85. The van der Waals surface area contributed by atoms with Crippen molar-refractivity contribution in [2.24, 2.45) is 11.8 Å². The van der Waals surface area contributed by atoms with Crippen LogP contribution in [0, 0.1) is 5.92 Å². The fourth-order valence-corrected chi connectivity index (χ4v) is 0.868. The monoisotopic (exact) mass is 171 g/mol. The number of hydrogen-bond donors (Lipinski definition) is 1. The summed E-state index contributed by atoms with van der Waals surface area (Å²) in [6, 6.07) is 0. The predicted molar refractivity (Wildman–Crippen MR) is 41.8 cm³/mol. The molecular weight excluding hydrogens is 158 g/mol. The van der Waals surface area contributed by atoms with Crippen LogP contribution in [0.5, 0.6) is 0 Å². The van der Waals surface area contributed by atoms with Crippen LogP contribution in [-0.4, -0.2) is 10.1 Å². The molecule has 1 rings (SSSR count). The van der Waals surface area contributed by atoms with E-state index in [1.54, 1.807) is 0 Å². The zero-order chi connectivity index (χ0) is 8.97. The van der Waals surface area contributed by atoms with E-state index >= 15 is 0 Å². The molecule has 1 heterocycles. The predicted octanol–water partition coefficient (Wildman–Crippen LogP) is 0.658. The molecular formula is C7H13N3O2. The molecule has 0 unspecified atom stereocenters. The number of nitrogens with zero attached hydrogens (tertiary/aromatic N) is 2. The van der Waals surface area contributed by atoms with Crippen molar-refractivity contribution in [2.75, 3.05) is 0 Å².